The fraction of sp³-hybridized carbons (Fsp3) is 0.389. The number of furan rings is 1. The van der Waals surface area contributed by atoms with Crippen LogP contribution in [-0.4, -0.2) is 36.9 Å². The average Bonchev–Trinajstić information content (AvgIpc) is 3.04. The zero-order valence-electron chi connectivity index (χ0n) is 13.7. The molecule has 0 radical (unpaired) electrons. The Morgan fingerprint density at radius 1 is 1.33 bits per heavy atom. The highest BCUT2D eigenvalue weighted by atomic mass is 32.2. The summed E-state index contributed by atoms with van der Waals surface area (Å²) in [6, 6.07) is 11.6. The van der Waals surface area contributed by atoms with Gasteiger partial charge in [0.25, 0.3) is 0 Å². The molecular formula is C18H22N2O3S. The molecule has 1 aromatic carbocycles. The monoisotopic (exact) mass is 346 g/mol. The van der Waals surface area contributed by atoms with Crippen LogP contribution in [0.4, 0.5) is 4.79 Å². The van der Waals surface area contributed by atoms with Crippen LogP contribution in [0, 0.1) is 0 Å². The van der Waals surface area contributed by atoms with E-state index in [9.17, 15) is 4.79 Å². The molecule has 24 heavy (non-hydrogen) atoms. The van der Waals surface area contributed by atoms with Crippen LogP contribution in [0.3, 0.4) is 0 Å². The number of benzene rings is 1. The van der Waals surface area contributed by atoms with Crippen LogP contribution in [0.2, 0.25) is 0 Å². The molecule has 6 heteroatoms. The van der Waals surface area contributed by atoms with Gasteiger partial charge in [0, 0.05) is 25.4 Å². The molecule has 1 atom stereocenters. The Morgan fingerprint density at radius 2 is 2.17 bits per heavy atom. The predicted molar refractivity (Wildman–Crippen MR) is 95.3 cm³/mol. The lowest BCUT2D eigenvalue weighted by molar-refractivity contribution is 0.200. The van der Waals surface area contributed by atoms with E-state index in [0.717, 1.165) is 42.3 Å². The number of nitrogens with one attached hydrogen (secondary N) is 1. The summed E-state index contributed by atoms with van der Waals surface area (Å²) < 4.78 is 10.6. The third-order valence-electron chi connectivity index (χ3n) is 4.09. The molecule has 1 fully saturated rings. The van der Waals surface area contributed by atoms with Gasteiger partial charge in [0.15, 0.2) is 0 Å². The van der Waals surface area contributed by atoms with E-state index < -0.39 is 0 Å². The van der Waals surface area contributed by atoms with E-state index in [2.05, 4.69) is 5.32 Å². The van der Waals surface area contributed by atoms with Gasteiger partial charge in [-0.3, -0.25) is 0 Å². The van der Waals surface area contributed by atoms with E-state index >= 15 is 0 Å². The Labute approximate surface area is 146 Å². The first-order valence-electron chi connectivity index (χ1n) is 8.07. The zero-order chi connectivity index (χ0) is 16.8. The fourth-order valence-corrected chi connectivity index (χ4v) is 3.89. The van der Waals surface area contributed by atoms with Crippen molar-refractivity contribution in [2.24, 2.45) is 0 Å². The number of urea groups is 1. The maximum absolute atomic E-state index is 12.4. The maximum atomic E-state index is 12.4. The molecule has 1 N–H and O–H groups in total. The Kier molecular flexibility index (Phi) is 5.69. The van der Waals surface area contributed by atoms with Gasteiger partial charge in [-0.15, -0.1) is 11.8 Å². The molecule has 2 heterocycles. The minimum absolute atomic E-state index is 0.00786. The van der Waals surface area contributed by atoms with E-state index in [-0.39, 0.29) is 6.03 Å². The molecule has 0 aliphatic carbocycles. The number of rotatable bonds is 4. The van der Waals surface area contributed by atoms with Gasteiger partial charge in [0.2, 0.25) is 0 Å². The van der Waals surface area contributed by atoms with Crippen molar-refractivity contribution in [2.45, 2.75) is 18.2 Å². The summed E-state index contributed by atoms with van der Waals surface area (Å²) in [4.78, 5) is 14.3. The van der Waals surface area contributed by atoms with Crippen LogP contribution in [0.5, 0.6) is 5.75 Å². The standard InChI is InChI=1S/C18H22N2O3S/c1-22-15-6-4-14(5-7-15)13-19-18(21)20-9-8-17(24-12-10-20)16-3-2-11-23-16/h2-7,11,17H,8-10,12-13H2,1H3,(H,19,21)/t17-/m0/s1. The van der Waals surface area contributed by atoms with E-state index in [1.807, 2.05) is 53.1 Å². The van der Waals surface area contributed by atoms with Crippen molar-refractivity contribution in [3.05, 3.63) is 54.0 Å². The molecule has 1 aliphatic rings. The third kappa shape index (κ3) is 4.26. The lowest BCUT2D eigenvalue weighted by atomic mass is 10.2. The Hall–Kier alpha value is -2.08. The van der Waals surface area contributed by atoms with Crippen molar-refractivity contribution in [2.75, 3.05) is 26.0 Å². The maximum Gasteiger partial charge on any atom is 0.317 e. The molecule has 1 saturated heterocycles. The second-order valence-electron chi connectivity index (χ2n) is 5.66. The number of hydrogen-bond acceptors (Lipinski definition) is 4. The quantitative estimate of drug-likeness (QED) is 0.917. The second kappa shape index (κ2) is 8.15. The predicted octanol–water partition coefficient (Wildman–Crippen LogP) is 3.68. The van der Waals surface area contributed by atoms with Gasteiger partial charge in [0.1, 0.15) is 11.5 Å². The van der Waals surface area contributed by atoms with Gasteiger partial charge in [-0.25, -0.2) is 4.79 Å². The first-order chi connectivity index (χ1) is 11.8. The molecule has 3 rings (SSSR count). The van der Waals surface area contributed by atoms with E-state index in [4.69, 9.17) is 9.15 Å². The van der Waals surface area contributed by atoms with Gasteiger partial charge >= 0.3 is 6.03 Å². The number of thioether (sulfide) groups is 1. The number of hydrogen-bond donors (Lipinski definition) is 1. The Balaban J connectivity index is 1.49. The highest BCUT2D eigenvalue weighted by Crippen LogP contribution is 2.34. The van der Waals surface area contributed by atoms with E-state index in [1.54, 1.807) is 13.4 Å². The minimum atomic E-state index is -0.00786. The van der Waals surface area contributed by atoms with Crippen LogP contribution in [0.15, 0.2) is 47.1 Å². The molecule has 0 saturated carbocycles. The van der Waals surface area contributed by atoms with Gasteiger partial charge in [-0.2, -0.15) is 0 Å². The molecule has 0 bridgehead atoms. The summed E-state index contributed by atoms with van der Waals surface area (Å²) in [5, 5.41) is 3.33. The SMILES string of the molecule is COc1ccc(CNC(=O)N2CCS[C@H](c3ccco3)CC2)cc1. The molecule has 1 aromatic heterocycles. The number of carbonyl (C=O) groups is 1. The number of amides is 2. The highest BCUT2D eigenvalue weighted by molar-refractivity contribution is 7.99. The van der Waals surface area contributed by atoms with E-state index in [1.165, 1.54) is 0 Å². The number of methoxy groups -OCH3 is 1. The van der Waals surface area contributed by atoms with Crippen molar-refractivity contribution in [1.29, 1.82) is 0 Å². The first-order valence-corrected chi connectivity index (χ1v) is 9.12. The Morgan fingerprint density at radius 3 is 2.88 bits per heavy atom. The number of ether oxygens (including phenoxy) is 1. The van der Waals surface area contributed by atoms with Crippen molar-refractivity contribution in [3.8, 4) is 5.75 Å². The van der Waals surface area contributed by atoms with Crippen molar-refractivity contribution >= 4 is 17.8 Å². The third-order valence-corrected chi connectivity index (χ3v) is 5.38. The van der Waals surface area contributed by atoms with Crippen molar-refractivity contribution in [3.63, 3.8) is 0 Å². The number of nitrogens with zero attached hydrogens (tertiary/aromatic N) is 1. The highest BCUT2D eigenvalue weighted by Gasteiger charge is 2.23. The molecule has 0 unspecified atom stereocenters. The summed E-state index contributed by atoms with van der Waals surface area (Å²) in [6.45, 7) is 2.03. The van der Waals surface area contributed by atoms with Gasteiger partial charge in [0.05, 0.1) is 18.6 Å². The Bertz CT molecular complexity index is 643. The van der Waals surface area contributed by atoms with Crippen LogP contribution in [0.1, 0.15) is 23.0 Å². The molecule has 5 nitrogen and oxygen atoms in total. The summed E-state index contributed by atoms with van der Waals surface area (Å²) in [7, 11) is 1.64. The van der Waals surface area contributed by atoms with Crippen LogP contribution >= 0.6 is 11.8 Å². The molecular weight excluding hydrogens is 324 g/mol. The summed E-state index contributed by atoms with van der Waals surface area (Å²) in [5.74, 6) is 2.74. The van der Waals surface area contributed by atoms with E-state index in [0.29, 0.717) is 11.8 Å². The molecule has 1 aliphatic heterocycles. The van der Waals surface area contributed by atoms with Gasteiger partial charge in [-0.05, 0) is 36.2 Å². The second-order valence-corrected chi connectivity index (χ2v) is 6.97. The zero-order valence-corrected chi connectivity index (χ0v) is 14.6. The fourth-order valence-electron chi connectivity index (χ4n) is 2.71. The lowest BCUT2D eigenvalue weighted by Crippen LogP contribution is -2.40. The summed E-state index contributed by atoms with van der Waals surface area (Å²) in [6.07, 6.45) is 2.62. The molecule has 128 valence electrons. The first kappa shape index (κ1) is 16.8. The molecule has 2 aromatic rings. The molecule has 0 spiro atoms. The van der Waals surface area contributed by atoms with Crippen LogP contribution in [-0.2, 0) is 6.54 Å². The van der Waals surface area contributed by atoms with Crippen molar-refractivity contribution < 1.29 is 13.9 Å². The average molecular weight is 346 g/mol. The van der Waals surface area contributed by atoms with Crippen molar-refractivity contribution in [1.82, 2.24) is 10.2 Å². The largest absolute Gasteiger partial charge is 0.497 e. The summed E-state index contributed by atoms with van der Waals surface area (Å²) >= 11 is 1.85. The minimum Gasteiger partial charge on any atom is -0.497 e. The van der Waals surface area contributed by atoms with Gasteiger partial charge < -0.3 is 19.4 Å². The number of carbonyl (C=O) groups excluding carboxylic acids is 1. The summed E-state index contributed by atoms with van der Waals surface area (Å²) in [5.41, 5.74) is 1.06. The smallest absolute Gasteiger partial charge is 0.317 e. The normalized spacial score (nSPS) is 18.0. The lowest BCUT2D eigenvalue weighted by Gasteiger charge is -2.20. The topological polar surface area (TPSA) is 54.7 Å². The van der Waals surface area contributed by atoms with Gasteiger partial charge in [-0.1, -0.05) is 12.1 Å². The van der Waals surface area contributed by atoms with Crippen LogP contribution in [0.25, 0.3) is 0 Å². The van der Waals surface area contributed by atoms with Crippen LogP contribution < -0.4 is 10.1 Å². The molecule has 2 amide bonds.